The molecular weight excluding hydrogens is 236 g/mol. The maximum Gasteiger partial charge on any atom is 0.317 e. The number of carbonyl (C=O) groups is 1. The van der Waals surface area contributed by atoms with Gasteiger partial charge in [0.1, 0.15) is 0 Å². The Morgan fingerprint density at radius 2 is 2.06 bits per heavy atom. The number of nitrogens with zero attached hydrogens (tertiary/aromatic N) is 2. The number of hydrogen-bond acceptors (Lipinski definition) is 3. The van der Waals surface area contributed by atoms with Crippen molar-refractivity contribution in [2.24, 2.45) is 11.7 Å². The Kier molecular flexibility index (Phi) is 4.17. The zero-order chi connectivity index (χ0) is 12.3. The third kappa shape index (κ3) is 3.29. The van der Waals surface area contributed by atoms with Crippen LogP contribution in [-0.2, 0) is 0 Å². The van der Waals surface area contributed by atoms with Crippen molar-refractivity contribution in [2.75, 3.05) is 39.3 Å². The molecule has 2 saturated heterocycles. The lowest BCUT2D eigenvalue weighted by Crippen LogP contribution is -2.42. The number of rotatable bonds is 4. The topological polar surface area (TPSA) is 61.6 Å². The van der Waals surface area contributed by atoms with Crippen molar-refractivity contribution < 1.29 is 4.79 Å². The van der Waals surface area contributed by atoms with Crippen molar-refractivity contribution in [3.63, 3.8) is 0 Å². The van der Waals surface area contributed by atoms with Gasteiger partial charge in [0.15, 0.2) is 0 Å². The normalized spacial score (nSPS) is 22.8. The number of urea groups is 1. The van der Waals surface area contributed by atoms with Gasteiger partial charge in [-0.2, -0.15) is 0 Å². The predicted octanol–water partition coefficient (Wildman–Crippen LogP) is 0.00970. The van der Waals surface area contributed by atoms with Gasteiger partial charge in [0.25, 0.3) is 0 Å². The zero-order valence-electron chi connectivity index (χ0n) is 10.0. The van der Waals surface area contributed by atoms with E-state index in [1.807, 2.05) is 4.90 Å². The first-order valence-corrected chi connectivity index (χ1v) is 6.62. The first kappa shape index (κ1) is 12.6. The van der Waals surface area contributed by atoms with E-state index < -0.39 is 0 Å². The lowest BCUT2D eigenvalue weighted by Gasteiger charge is -2.32. The maximum atomic E-state index is 11.4. The van der Waals surface area contributed by atoms with Crippen LogP contribution in [-0.4, -0.2) is 60.1 Å². The number of amides is 2. The second kappa shape index (κ2) is 5.64. The van der Waals surface area contributed by atoms with Crippen molar-refractivity contribution in [2.45, 2.75) is 12.8 Å². The minimum Gasteiger partial charge on any atom is -0.393 e. The summed E-state index contributed by atoms with van der Waals surface area (Å²) in [5.41, 5.74) is 5.66. The SMILES string of the molecule is NC(=S)C1CCN(CCN2CCNC2=O)CC1. The summed E-state index contributed by atoms with van der Waals surface area (Å²) >= 11 is 5.02. The van der Waals surface area contributed by atoms with Crippen LogP contribution in [0, 0.1) is 5.92 Å². The summed E-state index contributed by atoms with van der Waals surface area (Å²) in [4.78, 5) is 16.3. The van der Waals surface area contributed by atoms with E-state index in [1.54, 1.807) is 0 Å². The summed E-state index contributed by atoms with van der Waals surface area (Å²) < 4.78 is 0. The smallest absolute Gasteiger partial charge is 0.317 e. The van der Waals surface area contributed by atoms with Gasteiger partial charge >= 0.3 is 6.03 Å². The number of hydrogen-bond donors (Lipinski definition) is 2. The lowest BCUT2D eigenvalue weighted by molar-refractivity contribution is 0.179. The van der Waals surface area contributed by atoms with Gasteiger partial charge in [0.2, 0.25) is 0 Å². The highest BCUT2D eigenvalue weighted by molar-refractivity contribution is 7.80. The molecule has 0 radical (unpaired) electrons. The Labute approximate surface area is 107 Å². The standard InChI is InChI=1S/C11H20N4OS/c12-10(17)9-1-4-14(5-2-9)7-8-15-6-3-13-11(15)16/h9H,1-8H2,(H2,12,17)(H,13,16). The second-order valence-electron chi connectivity index (χ2n) is 4.74. The Bertz CT molecular complexity index is 302. The fourth-order valence-corrected chi connectivity index (χ4v) is 2.66. The van der Waals surface area contributed by atoms with E-state index in [0.717, 1.165) is 52.1 Å². The van der Waals surface area contributed by atoms with E-state index in [1.165, 1.54) is 0 Å². The number of nitrogens with two attached hydrogens (primary N) is 1. The molecule has 96 valence electrons. The molecule has 2 fully saturated rings. The minimum absolute atomic E-state index is 0.0722. The van der Waals surface area contributed by atoms with Crippen LogP contribution in [0.4, 0.5) is 4.79 Å². The van der Waals surface area contributed by atoms with Crippen molar-refractivity contribution in [3.8, 4) is 0 Å². The molecule has 0 aromatic heterocycles. The lowest BCUT2D eigenvalue weighted by atomic mass is 9.97. The average molecular weight is 256 g/mol. The van der Waals surface area contributed by atoms with E-state index in [4.69, 9.17) is 18.0 Å². The van der Waals surface area contributed by atoms with Crippen molar-refractivity contribution in [3.05, 3.63) is 0 Å². The van der Waals surface area contributed by atoms with Crippen LogP contribution >= 0.6 is 12.2 Å². The molecule has 0 saturated carbocycles. The van der Waals surface area contributed by atoms with Crippen LogP contribution in [0.15, 0.2) is 0 Å². The van der Waals surface area contributed by atoms with E-state index >= 15 is 0 Å². The molecule has 0 aromatic carbocycles. The zero-order valence-corrected chi connectivity index (χ0v) is 10.8. The van der Waals surface area contributed by atoms with Crippen molar-refractivity contribution in [1.82, 2.24) is 15.1 Å². The van der Waals surface area contributed by atoms with E-state index in [9.17, 15) is 4.79 Å². The number of nitrogens with one attached hydrogen (secondary N) is 1. The van der Waals surface area contributed by atoms with Gasteiger partial charge in [-0.1, -0.05) is 12.2 Å². The largest absolute Gasteiger partial charge is 0.393 e. The maximum absolute atomic E-state index is 11.4. The molecule has 0 unspecified atom stereocenters. The van der Waals surface area contributed by atoms with Gasteiger partial charge < -0.3 is 20.9 Å². The summed E-state index contributed by atoms with van der Waals surface area (Å²) in [5, 5.41) is 2.81. The van der Waals surface area contributed by atoms with E-state index in [2.05, 4.69) is 10.2 Å². The second-order valence-corrected chi connectivity index (χ2v) is 5.21. The number of piperidine rings is 1. The average Bonchev–Trinajstić information content (AvgIpc) is 2.73. The molecule has 3 N–H and O–H groups in total. The molecule has 2 amide bonds. The highest BCUT2D eigenvalue weighted by Crippen LogP contribution is 2.17. The van der Waals surface area contributed by atoms with Crippen molar-refractivity contribution >= 4 is 23.2 Å². The summed E-state index contributed by atoms with van der Waals surface area (Å²) in [6.07, 6.45) is 2.11. The Morgan fingerprint density at radius 3 is 2.59 bits per heavy atom. The van der Waals surface area contributed by atoms with Crippen LogP contribution in [0.3, 0.4) is 0 Å². The van der Waals surface area contributed by atoms with E-state index in [-0.39, 0.29) is 6.03 Å². The van der Waals surface area contributed by atoms with Crippen LogP contribution < -0.4 is 11.1 Å². The van der Waals surface area contributed by atoms with Gasteiger partial charge in [0.05, 0.1) is 4.99 Å². The monoisotopic (exact) mass is 256 g/mol. The van der Waals surface area contributed by atoms with Crippen molar-refractivity contribution in [1.29, 1.82) is 0 Å². The quantitative estimate of drug-likeness (QED) is 0.696. The first-order valence-electron chi connectivity index (χ1n) is 6.21. The summed E-state index contributed by atoms with van der Waals surface area (Å²) in [6.45, 7) is 5.47. The first-order chi connectivity index (χ1) is 8.16. The molecule has 0 bridgehead atoms. The molecule has 2 aliphatic heterocycles. The van der Waals surface area contributed by atoms with Gasteiger partial charge in [-0.25, -0.2) is 4.79 Å². The number of carbonyl (C=O) groups excluding carboxylic acids is 1. The fourth-order valence-electron chi connectivity index (χ4n) is 2.43. The van der Waals surface area contributed by atoms with Crippen LogP contribution in [0.25, 0.3) is 0 Å². The number of thiocarbonyl (C=S) groups is 1. The van der Waals surface area contributed by atoms with Gasteiger partial charge in [0, 0.05) is 32.1 Å². The van der Waals surface area contributed by atoms with Gasteiger partial charge in [-0.15, -0.1) is 0 Å². The molecule has 2 aliphatic rings. The summed E-state index contributed by atoms with van der Waals surface area (Å²) in [7, 11) is 0. The molecule has 0 aliphatic carbocycles. The molecular formula is C11H20N4OS. The molecule has 2 heterocycles. The minimum atomic E-state index is 0.0722. The predicted molar refractivity (Wildman–Crippen MR) is 70.9 cm³/mol. The molecule has 0 aromatic rings. The molecule has 5 nitrogen and oxygen atoms in total. The Hall–Kier alpha value is -0.880. The molecule has 6 heteroatoms. The van der Waals surface area contributed by atoms with Crippen LogP contribution in [0.5, 0.6) is 0 Å². The molecule has 0 atom stereocenters. The van der Waals surface area contributed by atoms with Crippen LogP contribution in [0.2, 0.25) is 0 Å². The third-order valence-electron chi connectivity index (χ3n) is 3.62. The molecule has 0 spiro atoms. The summed E-state index contributed by atoms with van der Waals surface area (Å²) in [6, 6.07) is 0.0722. The summed E-state index contributed by atoms with van der Waals surface area (Å²) in [5.74, 6) is 0.413. The highest BCUT2D eigenvalue weighted by Gasteiger charge is 2.23. The van der Waals surface area contributed by atoms with Crippen LogP contribution in [0.1, 0.15) is 12.8 Å². The number of likely N-dealkylation sites (tertiary alicyclic amines) is 1. The fraction of sp³-hybridized carbons (Fsp3) is 0.818. The Balaban J connectivity index is 1.68. The molecule has 2 rings (SSSR count). The third-order valence-corrected chi connectivity index (χ3v) is 3.95. The van der Waals surface area contributed by atoms with E-state index in [0.29, 0.717) is 10.9 Å². The highest BCUT2D eigenvalue weighted by atomic mass is 32.1. The molecule has 17 heavy (non-hydrogen) atoms. The van der Waals surface area contributed by atoms with Gasteiger partial charge in [-0.3, -0.25) is 0 Å². The van der Waals surface area contributed by atoms with Gasteiger partial charge in [-0.05, 0) is 25.9 Å². The Morgan fingerprint density at radius 1 is 1.35 bits per heavy atom.